The average Bonchev–Trinajstić information content (AvgIpc) is 2.35. The van der Waals surface area contributed by atoms with E-state index >= 15 is 0 Å². The number of hydrogen-bond acceptors (Lipinski definition) is 3. The minimum Gasteiger partial charge on any atom is -0.480 e. The Morgan fingerprint density at radius 2 is 2.05 bits per heavy atom. The summed E-state index contributed by atoms with van der Waals surface area (Å²) < 4.78 is 36.8. The molecule has 6 nitrogen and oxygen atoms in total. The van der Waals surface area contributed by atoms with Crippen LogP contribution in [0.2, 0.25) is 0 Å². The van der Waals surface area contributed by atoms with Gasteiger partial charge in [0.1, 0.15) is 11.7 Å². The van der Waals surface area contributed by atoms with Gasteiger partial charge < -0.3 is 15.7 Å². The third kappa shape index (κ3) is 4.41. The Hall–Kier alpha value is -2.32. The molecule has 0 bridgehead atoms. The highest BCUT2D eigenvalue weighted by atomic mass is 19.4. The maximum Gasteiger partial charge on any atom is 0.433 e. The molecule has 1 aromatic rings. The van der Waals surface area contributed by atoms with Crippen molar-refractivity contribution in [2.24, 2.45) is 0 Å². The molecule has 1 rings (SSSR count). The summed E-state index contributed by atoms with van der Waals surface area (Å²) in [4.78, 5) is 25.3. The van der Waals surface area contributed by atoms with Crippen molar-refractivity contribution in [3.8, 4) is 0 Å². The first-order chi connectivity index (χ1) is 9.24. The summed E-state index contributed by atoms with van der Waals surface area (Å²) in [5.74, 6) is -1.20. The first-order valence-corrected chi connectivity index (χ1v) is 5.57. The van der Waals surface area contributed by atoms with Gasteiger partial charge in [0, 0.05) is 0 Å². The molecule has 0 aromatic carbocycles. The lowest BCUT2D eigenvalue weighted by molar-refractivity contribution is -0.141. The maximum atomic E-state index is 12.3. The van der Waals surface area contributed by atoms with E-state index < -0.39 is 29.9 Å². The zero-order valence-corrected chi connectivity index (χ0v) is 10.4. The van der Waals surface area contributed by atoms with Gasteiger partial charge in [-0.05, 0) is 18.6 Å². The number of urea groups is 1. The van der Waals surface area contributed by atoms with E-state index in [1.54, 1.807) is 6.92 Å². The number of carboxylic acids is 1. The number of alkyl halides is 3. The van der Waals surface area contributed by atoms with Crippen LogP contribution in [0, 0.1) is 0 Å². The van der Waals surface area contributed by atoms with Crippen molar-refractivity contribution in [2.75, 3.05) is 5.32 Å². The van der Waals surface area contributed by atoms with Crippen LogP contribution in [0.1, 0.15) is 19.0 Å². The van der Waals surface area contributed by atoms with E-state index in [-0.39, 0.29) is 12.1 Å². The van der Waals surface area contributed by atoms with Crippen LogP contribution in [0.5, 0.6) is 0 Å². The second kappa shape index (κ2) is 6.22. The Morgan fingerprint density at radius 1 is 1.40 bits per heavy atom. The number of carboxylic acid groups (broad SMARTS) is 1. The zero-order chi connectivity index (χ0) is 15.3. The number of nitrogens with zero attached hydrogens (tertiary/aromatic N) is 1. The summed E-state index contributed by atoms with van der Waals surface area (Å²) in [6, 6.07) is -0.167. The molecule has 0 spiro atoms. The van der Waals surface area contributed by atoms with E-state index in [1.165, 1.54) is 0 Å². The number of halogens is 3. The minimum absolute atomic E-state index is 0.0238. The molecule has 1 atom stereocenters. The summed E-state index contributed by atoms with van der Waals surface area (Å²) in [7, 11) is 0. The Bertz CT molecular complexity index is 488. The van der Waals surface area contributed by atoms with Crippen molar-refractivity contribution in [1.29, 1.82) is 0 Å². The van der Waals surface area contributed by atoms with Gasteiger partial charge in [-0.1, -0.05) is 6.92 Å². The van der Waals surface area contributed by atoms with Crippen molar-refractivity contribution in [2.45, 2.75) is 25.6 Å². The lowest BCUT2D eigenvalue weighted by atomic mass is 10.2. The third-order valence-electron chi connectivity index (χ3n) is 2.32. The van der Waals surface area contributed by atoms with Crippen LogP contribution in [0.3, 0.4) is 0 Å². The van der Waals surface area contributed by atoms with Crippen LogP contribution < -0.4 is 10.6 Å². The molecule has 1 heterocycles. The van der Waals surface area contributed by atoms with Crippen LogP contribution >= 0.6 is 0 Å². The number of rotatable bonds is 4. The van der Waals surface area contributed by atoms with Gasteiger partial charge >= 0.3 is 18.2 Å². The fraction of sp³-hybridized carbons (Fsp3) is 0.364. The van der Waals surface area contributed by atoms with Gasteiger partial charge in [-0.3, -0.25) is 0 Å². The smallest absolute Gasteiger partial charge is 0.433 e. The standard InChI is InChI=1S/C11H12F3N3O3/c1-2-7(9(18)19)17-10(20)16-6-3-4-8(15-5-6)11(12,13)14/h3-5,7H,2H2,1H3,(H,18,19)(H2,16,17,20). The molecule has 0 aliphatic heterocycles. The highest BCUT2D eigenvalue weighted by Crippen LogP contribution is 2.27. The Labute approximate surface area is 112 Å². The second-order valence-corrected chi connectivity index (χ2v) is 3.83. The van der Waals surface area contributed by atoms with E-state index in [9.17, 15) is 22.8 Å². The lowest BCUT2D eigenvalue weighted by Gasteiger charge is -2.13. The predicted molar refractivity (Wildman–Crippen MR) is 63.1 cm³/mol. The Kier molecular flexibility index (Phi) is 4.89. The monoisotopic (exact) mass is 291 g/mol. The fourth-order valence-electron chi connectivity index (χ4n) is 1.30. The van der Waals surface area contributed by atoms with Crippen LogP contribution in [-0.2, 0) is 11.0 Å². The van der Waals surface area contributed by atoms with Crippen LogP contribution in [0.4, 0.5) is 23.7 Å². The average molecular weight is 291 g/mol. The molecule has 2 amide bonds. The molecule has 0 aliphatic carbocycles. The molecule has 1 aromatic heterocycles. The van der Waals surface area contributed by atoms with Crippen LogP contribution in [0.25, 0.3) is 0 Å². The highest BCUT2D eigenvalue weighted by Gasteiger charge is 2.32. The molecule has 0 aliphatic rings. The maximum absolute atomic E-state index is 12.3. The quantitative estimate of drug-likeness (QED) is 0.792. The number of nitrogens with one attached hydrogen (secondary N) is 2. The summed E-state index contributed by atoms with van der Waals surface area (Å²) in [6.07, 6.45) is -3.55. The molecular weight excluding hydrogens is 279 g/mol. The number of pyridine rings is 1. The highest BCUT2D eigenvalue weighted by molar-refractivity contribution is 5.92. The van der Waals surface area contributed by atoms with Crippen molar-refractivity contribution >= 4 is 17.7 Å². The van der Waals surface area contributed by atoms with Crippen molar-refractivity contribution in [3.63, 3.8) is 0 Å². The third-order valence-corrected chi connectivity index (χ3v) is 2.32. The van der Waals surface area contributed by atoms with E-state index in [4.69, 9.17) is 5.11 Å². The number of amides is 2. The number of aromatic nitrogens is 1. The Balaban J connectivity index is 2.65. The van der Waals surface area contributed by atoms with Gasteiger partial charge in [0.05, 0.1) is 11.9 Å². The number of anilines is 1. The van der Waals surface area contributed by atoms with E-state index in [0.717, 1.165) is 12.3 Å². The summed E-state index contributed by atoms with van der Waals surface area (Å²) in [6.45, 7) is 1.57. The number of hydrogen-bond donors (Lipinski definition) is 3. The summed E-state index contributed by atoms with van der Waals surface area (Å²) in [5.41, 5.74) is -1.06. The fourth-order valence-corrected chi connectivity index (χ4v) is 1.30. The minimum atomic E-state index is -4.56. The molecule has 0 fully saturated rings. The second-order valence-electron chi connectivity index (χ2n) is 3.83. The molecule has 0 radical (unpaired) electrons. The lowest BCUT2D eigenvalue weighted by Crippen LogP contribution is -2.42. The molecular formula is C11H12F3N3O3. The first kappa shape index (κ1) is 15.7. The number of carbonyl (C=O) groups excluding carboxylic acids is 1. The molecule has 1 unspecified atom stereocenters. The largest absolute Gasteiger partial charge is 0.480 e. The van der Waals surface area contributed by atoms with E-state index in [1.807, 2.05) is 0 Å². The molecule has 9 heteroatoms. The van der Waals surface area contributed by atoms with Gasteiger partial charge in [-0.25, -0.2) is 14.6 Å². The van der Waals surface area contributed by atoms with Gasteiger partial charge in [-0.15, -0.1) is 0 Å². The molecule has 0 saturated carbocycles. The van der Waals surface area contributed by atoms with E-state index in [0.29, 0.717) is 6.07 Å². The molecule has 20 heavy (non-hydrogen) atoms. The topological polar surface area (TPSA) is 91.3 Å². The summed E-state index contributed by atoms with van der Waals surface area (Å²) >= 11 is 0. The molecule has 3 N–H and O–H groups in total. The normalized spacial score (nSPS) is 12.6. The van der Waals surface area contributed by atoms with Crippen LogP contribution in [-0.4, -0.2) is 28.1 Å². The van der Waals surface area contributed by atoms with Crippen molar-refractivity contribution in [1.82, 2.24) is 10.3 Å². The van der Waals surface area contributed by atoms with Crippen LogP contribution in [0.15, 0.2) is 18.3 Å². The van der Waals surface area contributed by atoms with Gasteiger partial charge in [-0.2, -0.15) is 13.2 Å². The number of aliphatic carboxylic acids is 1. The zero-order valence-electron chi connectivity index (χ0n) is 10.4. The van der Waals surface area contributed by atoms with Gasteiger partial charge in [0.25, 0.3) is 0 Å². The van der Waals surface area contributed by atoms with Crippen molar-refractivity contribution < 1.29 is 27.9 Å². The first-order valence-electron chi connectivity index (χ1n) is 5.57. The SMILES string of the molecule is CCC(NC(=O)Nc1ccc(C(F)(F)F)nc1)C(=O)O. The summed E-state index contributed by atoms with van der Waals surface area (Å²) in [5, 5.41) is 13.1. The van der Waals surface area contributed by atoms with Crippen molar-refractivity contribution in [3.05, 3.63) is 24.0 Å². The van der Waals surface area contributed by atoms with Gasteiger partial charge in [0.2, 0.25) is 0 Å². The Morgan fingerprint density at radius 3 is 2.45 bits per heavy atom. The van der Waals surface area contributed by atoms with Gasteiger partial charge in [0.15, 0.2) is 0 Å². The number of carbonyl (C=O) groups is 2. The van der Waals surface area contributed by atoms with E-state index in [2.05, 4.69) is 15.6 Å². The predicted octanol–water partition coefficient (Wildman–Crippen LogP) is 2.09. The molecule has 110 valence electrons. The molecule has 0 saturated heterocycles.